The molecule has 23 heavy (non-hydrogen) atoms. The SMILES string of the molecule is O=[N+]([O-])c1ccccc1[C@H]1C[C@H]2c3ccccc3CC[C@@H]2CO1. The molecule has 1 aliphatic heterocycles. The molecule has 4 nitrogen and oxygen atoms in total. The maximum atomic E-state index is 11.3. The summed E-state index contributed by atoms with van der Waals surface area (Å²) in [6, 6.07) is 15.6. The van der Waals surface area contributed by atoms with E-state index in [1.807, 2.05) is 12.1 Å². The third-order valence-corrected chi connectivity index (χ3v) is 5.27. The molecule has 0 saturated carbocycles. The van der Waals surface area contributed by atoms with Crippen LogP contribution in [0, 0.1) is 16.0 Å². The van der Waals surface area contributed by atoms with E-state index in [0.29, 0.717) is 24.0 Å². The van der Waals surface area contributed by atoms with Gasteiger partial charge in [-0.2, -0.15) is 0 Å². The molecule has 4 heteroatoms. The minimum Gasteiger partial charge on any atom is -0.373 e. The number of fused-ring (bicyclic) bond motifs is 3. The van der Waals surface area contributed by atoms with Gasteiger partial charge in [-0.1, -0.05) is 36.4 Å². The average molecular weight is 309 g/mol. The second-order valence-electron chi connectivity index (χ2n) is 6.48. The van der Waals surface area contributed by atoms with Gasteiger partial charge in [0.25, 0.3) is 5.69 Å². The van der Waals surface area contributed by atoms with E-state index < -0.39 is 0 Å². The van der Waals surface area contributed by atoms with Crippen LogP contribution in [0.25, 0.3) is 0 Å². The molecule has 0 N–H and O–H groups in total. The number of benzene rings is 2. The number of rotatable bonds is 2. The van der Waals surface area contributed by atoms with Crippen molar-refractivity contribution in [3.8, 4) is 0 Å². The smallest absolute Gasteiger partial charge is 0.275 e. The molecule has 0 bridgehead atoms. The van der Waals surface area contributed by atoms with Gasteiger partial charge in [0.15, 0.2) is 0 Å². The van der Waals surface area contributed by atoms with E-state index in [4.69, 9.17) is 4.74 Å². The Hall–Kier alpha value is -2.20. The summed E-state index contributed by atoms with van der Waals surface area (Å²) in [5.74, 6) is 0.974. The first-order valence-corrected chi connectivity index (χ1v) is 8.17. The second kappa shape index (κ2) is 5.78. The molecule has 4 rings (SSSR count). The van der Waals surface area contributed by atoms with Gasteiger partial charge in [0.1, 0.15) is 0 Å². The van der Waals surface area contributed by atoms with Crippen LogP contribution >= 0.6 is 0 Å². The normalized spacial score (nSPS) is 26.2. The van der Waals surface area contributed by atoms with Gasteiger partial charge in [-0.05, 0) is 48.3 Å². The van der Waals surface area contributed by atoms with Crippen molar-refractivity contribution in [2.45, 2.75) is 31.3 Å². The van der Waals surface area contributed by atoms with E-state index in [1.54, 1.807) is 12.1 Å². The van der Waals surface area contributed by atoms with E-state index in [0.717, 1.165) is 19.3 Å². The minimum atomic E-state index is -0.306. The molecule has 1 fully saturated rings. The second-order valence-corrected chi connectivity index (χ2v) is 6.48. The summed E-state index contributed by atoms with van der Waals surface area (Å²) >= 11 is 0. The van der Waals surface area contributed by atoms with Gasteiger partial charge < -0.3 is 4.74 Å². The van der Waals surface area contributed by atoms with Crippen LogP contribution in [0.2, 0.25) is 0 Å². The summed E-state index contributed by atoms with van der Waals surface area (Å²) in [6.07, 6.45) is 2.89. The monoisotopic (exact) mass is 309 g/mol. The molecule has 2 aliphatic rings. The highest BCUT2D eigenvalue weighted by molar-refractivity contribution is 5.42. The van der Waals surface area contributed by atoms with Crippen LogP contribution in [0.3, 0.4) is 0 Å². The molecular weight excluding hydrogens is 290 g/mol. The summed E-state index contributed by atoms with van der Waals surface area (Å²) in [7, 11) is 0. The molecule has 2 aromatic carbocycles. The number of aryl methyl sites for hydroxylation is 1. The minimum absolute atomic E-state index is 0.167. The predicted molar refractivity (Wildman–Crippen MR) is 87.4 cm³/mol. The van der Waals surface area contributed by atoms with Crippen LogP contribution in [0.15, 0.2) is 48.5 Å². The van der Waals surface area contributed by atoms with Crippen molar-refractivity contribution in [2.24, 2.45) is 5.92 Å². The van der Waals surface area contributed by atoms with Crippen LogP contribution in [0.1, 0.15) is 41.6 Å². The Morgan fingerprint density at radius 2 is 1.78 bits per heavy atom. The molecule has 3 atom stereocenters. The molecule has 0 spiro atoms. The zero-order chi connectivity index (χ0) is 15.8. The highest BCUT2D eigenvalue weighted by atomic mass is 16.6. The Bertz CT molecular complexity index is 743. The van der Waals surface area contributed by atoms with Crippen molar-refractivity contribution in [1.29, 1.82) is 0 Å². The van der Waals surface area contributed by atoms with Gasteiger partial charge >= 0.3 is 0 Å². The van der Waals surface area contributed by atoms with Crippen molar-refractivity contribution < 1.29 is 9.66 Å². The zero-order valence-corrected chi connectivity index (χ0v) is 12.9. The quantitative estimate of drug-likeness (QED) is 0.610. The fourth-order valence-electron chi connectivity index (χ4n) is 4.12. The number of hydrogen-bond acceptors (Lipinski definition) is 3. The first kappa shape index (κ1) is 14.4. The largest absolute Gasteiger partial charge is 0.373 e. The van der Waals surface area contributed by atoms with E-state index >= 15 is 0 Å². The highest BCUT2D eigenvalue weighted by Crippen LogP contribution is 2.47. The topological polar surface area (TPSA) is 52.4 Å². The van der Waals surface area contributed by atoms with E-state index in [2.05, 4.69) is 24.3 Å². The molecule has 0 aromatic heterocycles. The first-order chi connectivity index (χ1) is 11.2. The van der Waals surface area contributed by atoms with Gasteiger partial charge in [0, 0.05) is 6.07 Å². The summed E-state index contributed by atoms with van der Waals surface area (Å²) in [5.41, 5.74) is 3.71. The number of nitrogens with zero attached hydrogens (tertiary/aromatic N) is 1. The number of para-hydroxylation sites is 1. The third-order valence-electron chi connectivity index (χ3n) is 5.27. The van der Waals surface area contributed by atoms with Crippen LogP contribution < -0.4 is 0 Å². The number of nitro groups is 1. The Morgan fingerprint density at radius 1 is 1.04 bits per heavy atom. The number of ether oxygens (including phenoxy) is 1. The van der Waals surface area contributed by atoms with Crippen molar-refractivity contribution in [1.82, 2.24) is 0 Å². The lowest BCUT2D eigenvalue weighted by molar-refractivity contribution is -0.386. The molecule has 118 valence electrons. The molecule has 1 saturated heterocycles. The maximum Gasteiger partial charge on any atom is 0.275 e. The fourth-order valence-corrected chi connectivity index (χ4v) is 4.12. The fraction of sp³-hybridized carbons (Fsp3) is 0.368. The Kier molecular flexibility index (Phi) is 3.62. The zero-order valence-electron chi connectivity index (χ0n) is 12.9. The standard InChI is InChI=1S/C19H19NO3/c21-20(22)18-8-4-3-7-16(18)19-11-17-14(12-23-19)10-9-13-5-1-2-6-15(13)17/h1-8,14,17,19H,9-12H2/t14-,17-,19-/m1/s1. The molecule has 0 unspecified atom stereocenters. The summed E-state index contributed by atoms with van der Waals surface area (Å²) in [6.45, 7) is 0.690. The Morgan fingerprint density at radius 3 is 2.61 bits per heavy atom. The Labute approximate surface area is 135 Å². The number of nitro benzene ring substituents is 1. The maximum absolute atomic E-state index is 11.3. The van der Waals surface area contributed by atoms with Crippen LogP contribution in [-0.4, -0.2) is 11.5 Å². The third kappa shape index (κ3) is 2.53. The van der Waals surface area contributed by atoms with E-state index in [9.17, 15) is 10.1 Å². The molecule has 1 aliphatic carbocycles. The van der Waals surface area contributed by atoms with Crippen LogP contribution in [0.5, 0.6) is 0 Å². The van der Waals surface area contributed by atoms with Gasteiger partial charge in [-0.25, -0.2) is 0 Å². The lowest BCUT2D eigenvalue weighted by Gasteiger charge is -2.40. The van der Waals surface area contributed by atoms with Gasteiger partial charge in [-0.15, -0.1) is 0 Å². The van der Waals surface area contributed by atoms with Crippen molar-refractivity contribution in [3.05, 3.63) is 75.3 Å². The average Bonchev–Trinajstić information content (AvgIpc) is 2.61. The van der Waals surface area contributed by atoms with E-state index in [1.165, 1.54) is 11.1 Å². The molecular formula is C19H19NO3. The first-order valence-electron chi connectivity index (χ1n) is 8.17. The van der Waals surface area contributed by atoms with Crippen LogP contribution in [-0.2, 0) is 11.2 Å². The predicted octanol–water partition coefficient (Wildman–Crippen LogP) is 4.40. The molecule has 1 heterocycles. The molecule has 0 amide bonds. The van der Waals surface area contributed by atoms with E-state index in [-0.39, 0.29) is 16.7 Å². The summed E-state index contributed by atoms with van der Waals surface area (Å²) < 4.78 is 6.03. The summed E-state index contributed by atoms with van der Waals surface area (Å²) in [4.78, 5) is 11.0. The highest BCUT2D eigenvalue weighted by Gasteiger charge is 2.38. The van der Waals surface area contributed by atoms with Gasteiger partial charge in [0.05, 0.1) is 23.2 Å². The van der Waals surface area contributed by atoms with Crippen molar-refractivity contribution in [3.63, 3.8) is 0 Å². The van der Waals surface area contributed by atoms with Gasteiger partial charge in [-0.3, -0.25) is 10.1 Å². The molecule has 0 radical (unpaired) electrons. The Balaban J connectivity index is 1.67. The van der Waals surface area contributed by atoms with Crippen molar-refractivity contribution in [2.75, 3.05) is 6.61 Å². The molecule has 2 aromatic rings. The summed E-state index contributed by atoms with van der Waals surface area (Å²) in [5, 5.41) is 11.3. The van der Waals surface area contributed by atoms with Crippen molar-refractivity contribution >= 4 is 5.69 Å². The van der Waals surface area contributed by atoms with Crippen LogP contribution in [0.4, 0.5) is 5.69 Å². The lowest BCUT2D eigenvalue weighted by Crippen LogP contribution is -2.32. The van der Waals surface area contributed by atoms with Gasteiger partial charge in [0.2, 0.25) is 0 Å². The number of hydrogen-bond donors (Lipinski definition) is 0. The lowest BCUT2D eigenvalue weighted by atomic mass is 9.71.